The average molecular weight is 393 g/mol. The summed E-state index contributed by atoms with van der Waals surface area (Å²) in [7, 11) is 0. The number of benzene rings is 1. The quantitative estimate of drug-likeness (QED) is 0.588. The maximum Gasteiger partial charge on any atom is 0.269 e. The molecule has 4 rings (SSSR count). The Morgan fingerprint density at radius 3 is 2.86 bits per heavy atom. The predicted molar refractivity (Wildman–Crippen MR) is 105 cm³/mol. The van der Waals surface area contributed by atoms with Gasteiger partial charge in [0.2, 0.25) is 5.91 Å². The van der Waals surface area contributed by atoms with Gasteiger partial charge in [0.25, 0.3) is 17.0 Å². The van der Waals surface area contributed by atoms with Gasteiger partial charge in [-0.25, -0.2) is 4.98 Å². The highest BCUT2D eigenvalue weighted by Crippen LogP contribution is 2.28. The topological polar surface area (TPSA) is 140 Å². The maximum absolute atomic E-state index is 12.7. The summed E-state index contributed by atoms with van der Waals surface area (Å²) in [6.45, 7) is -0.167. The summed E-state index contributed by atoms with van der Waals surface area (Å²) in [5, 5.41) is 2.91. The minimum absolute atomic E-state index is 0.138. The number of nitrogens with one attached hydrogen (secondary N) is 2. The van der Waals surface area contributed by atoms with Gasteiger partial charge >= 0.3 is 0 Å². The van der Waals surface area contributed by atoms with Crippen molar-refractivity contribution in [3.05, 3.63) is 74.1 Å². The number of rotatable bonds is 4. The second kappa shape index (κ2) is 7.34. The SMILES string of the molecule is NC(=O)c1cc2c([nH]c1=O)CCCC2NC(=O)Cn1c(=O)cnc2ccccc21. The van der Waals surface area contributed by atoms with E-state index >= 15 is 0 Å². The number of amides is 2. The number of aryl methyl sites for hydroxylation is 1. The van der Waals surface area contributed by atoms with E-state index in [1.807, 2.05) is 0 Å². The normalized spacial score (nSPS) is 15.7. The van der Waals surface area contributed by atoms with Crippen LogP contribution < -0.4 is 22.2 Å². The van der Waals surface area contributed by atoms with Crippen LogP contribution in [0.1, 0.15) is 40.5 Å². The second-order valence-electron chi connectivity index (χ2n) is 6.99. The molecule has 1 aliphatic rings. The van der Waals surface area contributed by atoms with E-state index in [2.05, 4.69) is 15.3 Å². The summed E-state index contributed by atoms with van der Waals surface area (Å²) < 4.78 is 1.36. The first-order chi connectivity index (χ1) is 13.9. The molecule has 9 heteroatoms. The zero-order chi connectivity index (χ0) is 20.5. The molecule has 1 unspecified atom stereocenters. The van der Waals surface area contributed by atoms with Crippen molar-refractivity contribution in [3.63, 3.8) is 0 Å². The zero-order valence-electron chi connectivity index (χ0n) is 15.5. The fourth-order valence-electron chi connectivity index (χ4n) is 3.74. The largest absolute Gasteiger partial charge is 0.365 e. The van der Waals surface area contributed by atoms with Crippen LogP contribution in [0.15, 0.2) is 46.1 Å². The number of hydrogen-bond donors (Lipinski definition) is 3. The van der Waals surface area contributed by atoms with E-state index in [9.17, 15) is 19.2 Å². The highest BCUT2D eigenvalue weighted by Gasteiger charge is 2.25. The third kappa shape index (κ3) is 3.54. The number of carbonyl (C=O) groups excluding carboxylic acids is 2. The molecule has 2 aromatic heterocycles. The Morgan fingerprint density at radius 1 is 1.28 bits per heavy atom. The number of fused-ring (bicyclic) bond motifs is 2. The number of aromatic nitrogens is 3. The molecule has 0 aliphatic heterocycles. The van der Waals surface area contributed by atoms with Gasteiger partial charge in [0, 0.05) is 5.69 Å². The van der Waals surface area contributed by atoms with E-state index in [1.165, 1.54) is 16.8 Å². The van der Waals surface area contributed by atoms with Crippen molar-refractivity contribution in [2.75, 3.05) is 0 Å². The van der Waals surface area contributed by atoms with Crippen LogP contribution in [-0.4, -0.2) is 26.3 Å². The first kappa shape index (κ1) is 18.6. The number of H-pyrrole nitrogens is 1. The Bertz CT molecular complexity index is 1240. The van der Waals surface area contributed by atoms with E-state index in [4.69, 9.17) is 5.73 Å². The van der Waals surface area contributed by atoms with Gasteiger partial charge in [-0.2, -0.15) is 0 Å². The summed E-state index contributed by atoms with van der Waals surface area (Å²) in [6, 6.07) is 8.15. The molecule has 2 heterocycles. The highest BCUT2D eigenvalue weighted by molar-refractivity contribution is 5.92. The van der Waals surface area contributed by atoms with E-state index in [0.717, 1.165) is 6.42 Å². The Morgan fingerprint density at radius 2 is 2.07 bits per heavy atom. The van der Waals surface area contributed by atoms with Crippen LogP contribution in [0.2, 0.25) is 0 Å². The van der Waals surface area contributed by atoms with Gasteiger partial charge in [0.1, 0.15) is 12.1 Å². The molecule has 1 aliphatic carbocycles. The minimum Gasteiger partial charge on any atom is -0.365 e. The Labute approximate surface area is 164 Å². The van der Waals surface area contributed by atoms with Crippen LogP contribution >= 0.6 is 0 Å². The van der Waals surface area contributed by atoms with Crippen molar-refractivity contribution in [1.29, 1.82) is 0 Å². The van der Waals surface area contributed by atoms with Gasteiger partial charge in [0.15, 0.2) is 0 Å². The molecule has 0 saturated heterocycles. The van der Waals surface area contributed by atoms with Crippen LogP contribution in [-0.2, 0) is 17.8 Å². The van der Waals surface area contributed by atoms with Crippen molar-refractivity contribution < 1.29 is 9.59 Å². The van der Waals surface area contributed by atoms with Crippen LogP contribution in [0, 0.1) is 0 Å². The lowest BCUT2D eigenvalue weighted by atomic mass is 9.90. The number of para-hydroxylation sites is 2. The lowest BCUT2D eigenvalue weighted by molar-refractivity contribution is -0.122. The summed E-state index contributed by atoms with van der Waals surface area (Å²) in [6.07, 6.45) is 3.25. The summed E-state index contributed by atoms with van der Waals surface area (Å²) in [5.41, 5.74) is 6.78. The molecule has 3 aromatic rings. The standard InChI is InChI=1S/C20H19N5O4/c21-19(28)12-8-11-13(5-3-6-14(11)24-20(12)29)23-17(26)10-25-16-7-2-1-4-15(16)22-9-18(25)27/h1-2,4,7-9,13H,3,5-6,10H2,(H2,21,28)(H,23,26)(H,24,29). The van der Waals surface area contributed by atoms with Crippen molar-refractivity contribution in [3.8, 4) is 0 Å². The predicted octanol–water partition coefficient (Wildman–Crippen LogP) is 0.377. The van der Waals surface area contributed by atoms with Crippen molar-refractivity contribution in [1.82, 2.24) is 19.9 Å². The average Bonchev–Trinajstić information content (AvgIpc) is 2.69. The van der Waals surface area contributed by atoms with Crippen molar-refractivity contribution in [2.24, 2.45) is 5.73 Å². The molecular formula is C20H19N5O4. The third-order valence-corrected chi connectivity index (χ3v) is 5.11. The molecule has 2 amide bonds. The molecule has 1 aromatic carbocycles. The van der Waals surface area contributed by atoms with Gasteiger partial charge in [-0.05, 0) is 43.0 Å². The molecule has 29 heavy (non-hydrogen) atoms. The Kier molecular flexibility index (Phi) is 4.71. The van der Waals surface area contributed by atoms with Crippen LogP contribution in [0.4, 0.5) is 0 Å². The second-order valence-corrected chi connectivity index (χ2v) is 6.99. The molecule has 4 N–H and O–H groups in total. The molecule has 1 atom stereocenters. The fraction of sp³-hybridized carbons (Fsp3) is 0.250. The molecule has 0 radical (unpaired) electrons. The van der Waals surface area contributed by atoms with Crippen LogP contribution in [0.5, 0.6) is 0 Å². The molecule has 0 bridgehead atoms. The monoisotopic (exact) mass is 393 g/mol. The third-order valence-electron chi connectivity index (χ3n) is 5.11. The number of nitrogens with zero attached hydrogens (tertiary/aromatic N) is 2. The first-order valence-electron chi connectivity index (χ1n) is 9.24. The van der Waals surface area contributed by atoms with Crippen LogP contribution in [0.25, 0.3) is 11.0 Å². The number of pyridine rings is 1. The first-order valence-corrected chi connectivity index (χ1v) is 9.24. The van der Waals surface area contributed by atoms with Gasteiger partial charge in [-0.15, -0.1) is 0 Å². The Hall–Kier alpha value is -3.75. The molecule has 0 spiro atoms. The number of aromatic amines is 1. The van der Waals surface area contributed by atoms with Gasteiger partial charge in [-0.1, -0.05) is 12.1 Å². The zero-order valence-corrected chi connectivity index (χ0v) is 15.5. The number of primary amides is 1. The minimum atomic E-state index is -0.820. The van der Waals surface area contributed by atoms with Gasteiger partial charge in [0.05, 0.1) is 23.3 Å². The van der Waals surface area contributed by atoms with E-state index in [0.29, 0.717) is 35.1 Å². The Balaban J connectivity index is 1.62. The van der Waals surface area contributed by atoms with Crippen molar-refractivity contribution >= 4 is 22.8 Å². The van der Waals surface area contributed by atoms with Crippen LogP contribution in [0.3, 0.4) is 0 Å². The lowest BCUT2D eigenvalue weighted by Crippen LogP contribution is -2.37. The number of hydrogen-bond acceptors (Lipinski definition) is 5. The molecule has 148 valence electrons. The number of nitrogens with two attached hydrogens (primary N) is 1. The van der Waals surface area contributed by atoms with Gasteiger partial charge in [-0.3, -0.25) is 23.7 Å². The molecule has 9 nitrogen and oxygen atoms in total. The number of carbonyl (C=O) groups is 2. The summed E-state index contributed by atoms with van der Waals surface area (Å²) in [4.78, 5) is 55.2. The summed E-state index contributed by atoms with van der Waals surface area (Å²) in [5.74, 6) is -1.17. The smallest absolute Gasteiger partial charge is 0.269 e. The highest BCUT2D eigenvalue weighted by atomic mass is 16.2. The lowest BCUT2D eigenvalue weighted by Gasteiger charge is -2.26. The molecular weight excluding hydrogens is 374 g/mol. The van der Waals surface area contributed by atoms with E-state index in [1.54, 1.807) is 24.3 Å². The summed E-state index contributed by atoms with van der Waals surface area (Å²) >= 11 is 0. The van der Waals surface area contributed by atoms with Gasteiger partial charge < -0.3 is 16.0 Å². The molecule has 0 saturated carbocycles. The van der Waals surface area contributed by atoms with E-state index < -0.39 is 11.5 Å². The maximum atomic E-state index is 12.7. The van der Waals surface area contributed by atoms with E-state index in [-0.39, 0.29) is 29.6 Å². The van der Waals surface area contributed by atoms with Crippen molar-refractivity contribution in [2.45, 2.75) is 31.8 Å². The molecule has 0 fully saturated rings. The fourth-order valence-corrected chi connectivity index (χ4v) is 3.74.